The first-order chi connectivity index (χ1) is 15.4. The number of piperidine rings is 1. The number of halogens is 3. The Balaban J connectivity index is 0.000000383. The van der Waals surface area contributed by atoms with Crippen molar-refractivity contribution in [2.75, 3.05) is 33.2 Å². The van der Waals surface area contributed by atoms with Gasteiger partial charge in [-0.2, -0.15) is 13.2 Å². The number of alkyl halides is 3. The van der Waals surface area contributed by atoms with Crippen LogP contribution >= 0.6 is 0 Å². The van der Waals surface area contributed by atoms with Crippen LogP contribution in [0, 0.1) is 16.7 Å². The van der Waals surface area contributed by atoms with Gasteiger partial charge in [-0.1, -0.05) is 0 Å². The molecule has 0 radical (unpaired) electrons. The Morgan fingerprint density at radius 3 is 2.33 bits per heavy atom. The Morgan fingerprint density at radius 2 is 1.85 bits per heavy atom. The van der Waals surface area contributed by atoms with Crippen LogP contribution in [0.15, 0.2) is 22.8 Å². The first-order valence-electron chi connectivity index (χ1n) is 11.0. The van der Waals surface area contributed by atoms with Crippen LogP contribution in [0.1, 0.15) is 38.4 Å². The van der Waals surface area contributed by atoms with Crippen LogP contribution in [0.3, 0.4) is 0 Å². The van der Waals surface area contributed by atoms with Gasteiger partial charge < -0.3 is 19.7 Å². The van der Waals surface area contributed by atoms with Gasteiger partial charge in [0.1, 0.15) is 5.76 Å². The minimum absolute atomic E-state index is 0.0908. The molecule has 2 saturated heterocycles. The molecule has 2 amide bonds. The lowest BCUT2D eigenvalue weighted by molar-refractivity contribution is -0.192. The summed E-state index contributed by atoms with van der Waals surface area (Å²) in [5, 5.41) is 10.0. The van der Waals surface area contributed by atoms with Gasteiger partial charge in [0.05, 0.1) is 18.2 Å². The Hall–Kier alpha value is -2.56. The highest BCUT2D eigenvalue weighted by molar-refractivity contribution is 5.86. The number of aliphatic carboxylic acids is 1. The van der Waals surface area contributed by atoms with Gasteiger partial charge in [0.25, 0.3) is 0 Å². The summed E-state index contributed by atoms with van der Waals surface area (Å²) in [5.41, 5.74) is -0.194. The number of rotatable bonds is 3. The lowest BCUT2D eigenvalue weighted by atomic mass is 9.65. The third-order valence-corrected chi connectivity index (χ3v) is 7.53. The zero-order valence-electron chi connectivity index (χ0n) is 18.8. The van der Waals surface area contributed by atoms with E-state index in [2.05, 4.69) is 10.2 Å². The van der Waals surface area contributed by atoms with E-state index in [-0.39, 0.29) is 28.6 Å². The van der Waals surface area contributed by atoms with Crippen molar-refractivity contribution in [1.29, 1.82) is 0 Å². The number of fused-ring (bicyclic) bond motifs is 2. The fourth-order valence-electron chi connectivity index (χ4n) is 5.80. The lowest BCUT2D eigenvalue weighted by Gasteiger charge is -2.44. The second-order valence-electron chi connectivity index (χ2n) is 9.21. The molecule has 1 aliphatic carbocycles. The summed E-state index contributed by atoms with van der Waals surface area (Å²) in [6, 6.07) is 3.96. The predicted molar refractivity (Wildman–Crippen MR) is 111 cm³/mol. The van der Waals surface area contributed by atoms with E-state index >= 15 is 0 Å². The molecule has 3 heterocycles. The van der Waals surface area contributed by atoms with Crippen molar-refractivity contribution < 1.29 is 37.1 Å². The van der Waals surface area contributed by atoms with E-state index in [9.17, 15) is 22.8 Å². The summed E-state index contributed by atoms with van der Waals surface area (Å²) in [6.07, 6.45) is 0.848. The average molecular weight is 473 g/mol. The van der Waals surface area contributed by atoms with Crippen LogP contribution < -0.4 is 5.32 Å². The molecule has 2 N–H and O–H groups in total. The SMILES string of the molecule is CNC(=O)[C@@]12CCC3(CCN(Cc4ccco4)CC3)[C@@H]1CN(C(C)=O)C2.O=C(O)C(F)(F)F. The summed E-state index contributed by atoms with van der Waals surface area (Å²) >= 11 is 0. The third-order valence-electron chi connectivity index (χ3n) is 7.53. The number of hydrogen-bond acceptors (Lipinski definition) is 5. The number of nitrogens with zero attached hydrogens (tertiary/aromatic N) is 2. The molecule has 2 aliphatic heterocycles. The zero-order valence-corrected chi connectivity index (χ0v) is 18.8. The van der Waals surface area contributed by atoms with Crippen molar-refractivity contribution in [1.82, 2.24) is 15.1 Å². The van der Waals surface area contributed by atoms with Gasteiger partial charge >= 0.3 is 12.1 Å². The van der Waals surface area contributed by atoms with Gasteiger partial charge in [-0.3, -0.25) is 14.5 Å². The predicted octanol–water partition coefficient (Wildman–Crippen LogP) is 2.50. The van der Waals surface area contributed by atoms with E-state index in [0.717, 1.165) is 57.6 Å². The van der Waals surface area contributed by atoms with E-state index in [1.54, 1.807) is 20.2 Å². The average Bonchev–Trinajstić information content (AvgIpc) is 3.46. The monoisotopic (exact) mass is 473 g/mol. The summed E-state index contributed by atoms with van der Waals surface area (Å²) in [4.78, 5) is 38.1. The molecule has 0 aromatic carbocycles. The van der Waals surface area contributed by atoms with E-state index < -0.39 is 12.1 Å². The van der Waals surface area contributed by atoms with Crippen LogP contribution in [-0.4, -0.2) is 72.1 Å². The molecule has 1 spiro atoms. The molecule has 3 aliphatic rings. The van der Waals surface area contributed by atoms with Crippen LogP contribution in [-0.2, 0) is 20.9 Å². The van der Waals surface area contributed by atoms with Crippen molar-refractivity contribution >= 4 is 17.8 Å². The molecule has 0 unspecified atom stereocenters. The van der Waals surface area contributed by atoms with Crippen molar-refractivity contribution in [2.45, 2.75) is 45.3 Å². The van der Waals surface area contributed by atoms with Crippen molar-refractivity contribution in [2.24, 2.45) is 16.7 Å². The standard InChI is InChI=1S/C20H29N3O3.C2HF3O2/c1-15(24)23-13-17-19(5-6-20(17,14-23)18(25)21-2)7-9-22(10-8-19)12-16-4-3-11-26-16;3-2(4,5)1(6)7/h3-4,11,17H,5-10,12-14H2,1-2H3,(H,21,25);(H,6,7)/t17-,20+;/m0./s1. The smallest absolute Gasteiger partial charge is 0.475 e. The van der Waals surface area contributed by atoms with Crippen LogP contribution in [0.25, 0.3) is 0 Å². The fourth-order valence-corrected chi connectivity index (χ4v) is 5.80. The minimum Gasteiger partial charge on any atom is -0.475 e. The first kappa shape index (κ1) is 25.1. The Labute approximate surface area is 190 Å². The van der Waals surface area contributed by atoms with Gasteiger partial charge in [0.15, 0.2) is 0 Å². The number of carbonyl (C=O) groups excluding carboxylic acids is 2. The molecular weight excluding hydrogens is 443 g/mol. The number of furan rings is 1. The summed E-state index contributed by atoms with van der Waals surface area (Å²) in [6.45, 7) is 5.86. The van der Waals surface area contributed by atoms with Gasteiger partial charge in [-0.05, 0) is 62.2 Å². The van der Waals surface area contributed by atoms with Crippen molar-refractivity contribution in [3.05, 3.63) is 24.2 Å². The highest BCUT2D eigenvalue weighted by atomic mass is 19.4. The normalized spacial score (nSPS) is 26.5. The van der Waals surface area contributed by atoms with E-state index in [4.69, 9.17) is 14.3 Å². The lowest BCUT2D eigenvalue weighted by Crippen LogP contribution is -2.48. The Kier molecular flexibility index (Phi) is 7.11. The second kappa shape index (κ2) is 9.36. The molecule has 0 bridgehead atoms. The number of amides is 2. The molecule has 184 valence electrons. The molecule has 1 saturated carbocycles. The summed E-state index contributed by atoms with van der Waals surface area (Å²) in [7, 11) is 1.72. The molecule has 33 heavy (non-hydrogen) atoms. The number of carboxylic acid groups (broad SMARTS) is 1. The molecular formula is C22H30F3N3O5. The molecule has 11 heteroatoms. The maximum Gasteiger partial charge on any atom is 0.490 e. The van der Waals surface area contributed by atoms with Crippen molar-refractivity contribution in [3.8, 4) is 0 Å². The van der Waals surface area contributed by atoms with Crippen molar-refractivity contribution in [3.63, 3.8) is 0 Å². The van der Waals surface area contributed by atoms with E-state index in [1.165, 1.54) is 0 Å². The zero-order chi connectivity index (χ0) is 24.4. The van der Waals surface area contributed by atoms with Crippen LogP contribution in [0.4, 0.5) is 13.2 Å². The highest BCUT2D eigenvalue weighted by Gasteiger charge is 2.64. The van der Waals surface area contributed by atoms with E-state index in [1.807, 2.05) is 17.0 Å². The quantitative estimate of drug-likeness (QED) is 0.699. The number of hydrogen-bond donors (Lipinski definition) is 2. The van der Waals surface area contributed by atoms with Gasteiger partial charge in [0.2, 0.25) is 11.8 Å². The maximum atomic E-state index is 12.8. The third kappa shape index (κ3) is 5.02. The number of carboxylic acids is 1. The molecule has 4 rings (SSSR count). The van der Waals surface area contributed by atoms with Gasteiger partial charge in [-0.15, -0.1) is 0 Å². The van der Waals surface area contributed by atoms with Crippen LogP contribution in [0.2, 0.25) is 0 Å². The molecule has 1 aromatic rings. The second-order valence-corrected chi connectivity index (χ2v) is 9.21. The largest absolute Gasteiger partial charge is 0.490 e. The Morgan fingerprint density at radius 1 is 1.21 bits per heavy atom. The minimum atomic E-state index is -5.08. The summed E-state index contributed by atoms with van der Waals surface area (Å²) < 4.78 is 37.2. The topological polar surface area (TPSA) is 103 Å². The molecule has 1 aromatic heterocycles. The van der Waals surface area contributed by atoms with Gasteiger partial charge in [-0.25, -0.2) is 4.79 Å². The highest BCUT2D eigenvalue weighted by Crippen LogP contribution is 2.62. The molecule has 8 nitrogen and oxygen atoms in total. The molecule has 3 fully saturated rings. The van der Waals surface area contributed by atoms with E-state index in [0.29, 0.717) is 6.54 Å². The molecule has 2 atom stereocenters. The number of carbonyl (C=O) groups is 3. The number of likely N-dealkylation sites (tertiary alicyclic amines) is 2. The fraction of sp³-hybridized carbons (Fsp3) is 0.682. The first-order valence-corrected chi connectivity index (χ1v) is 11.0. The summed E-state index contributed by atoms with van der Waals surface area (Å²) in [5.74, 6) is -1.25. The maximum absolute atomic E-state index is 12.8. The van der Waals surface area contributed by atoms with Crippen LogP contribution in [0.5, 0.6) is 0 Å². The number of nitrogens with one attached hydrogen (secondary N) is 1. The van der Waals surface area contributed by atoms with Gasteiger partial charge in [0, 0.05) is 27.1 Å². The Bertz CT molecular complexity index is 865.